The summed E-state index contributed by atoms with van der Waals surface area (Å²) in [6, 6.07) is 2.29. The second-order valence-corrected chi connectivity index (χ2v) is 5.92. The highest BCUT2D eigenvalue weighted by atomic mass is 16.6. The average Bonchev–Trinajstić information content (AvgIpc) is 2.67. The van der Waals surface area contributed by atoms with Gasteiger partial charge in [0.15, 0.2) is 0 Å². The molecule has 5 heteroatoms. The van der Waals surface area contributed by atoms with Crippen molar-refractivity contribution in [1.29, 1.82) is 5.26 Å². The molecule has 1 rings (SSSR count). The van der Waals surface area contributed by atoms with Gasteiger partial charge < -0.3 is 9.47 Å². The zero-order valence-corrected chi connectivity index (χ0v) is 12.3. The van der Waals surface area contributed by atoms with Crippen LogP contribution in [0.25, 0.3) is 0 Å². The third kappa shape index (κ3) is 4.71. The number of likely N-dealkylation sites (tertiary alicyclic amines) is 1. The van der Waals surface area contributed by atoms with Crippen molar-refractivity contribution in [3.8, 4) is 6.07 Å². The molecule has 0 aromatic rings. The summed E-state index contributed by atoms with van der Waals surface area (Å²) in [5, 5.41) is 8.70. The highest BCUT2D eigenvalue weighted by Crippen LogP contribution is 2.29. The van der Waals surface area contributed by atoms with Gasteiger partial charge in [0.1, 0.15) is 5.60 Å². The minimum Gasteiger partial charge on any atom is -0.444 e. The van der Waals surface area contributed by atoms with Crippen LogP contribution in [0.1, 0.15) is 46.5 Å². The van der Waals surface area contributed by atoms with Crippen LogP contribution in [0.5, 0.6) is 0 Å². The minimum absolute atomic E-state index is 0.0588. The van der Waals surface area contributed by atoms with E-state index < -0.39 is 5.60 Å². The fourth-order valence-corrected chi connectivity index (χ4v) is 2.44. The third-order valence-electron chi connectivity index (χ3n) is 3.17. The Balaban J connectivity index is 2.74. The quantitative estimate of drug-likeness (QED) is 0.786. The number of hydrogen-bond donors (Lipinski definition) is 0. The summed E-state index contributed by atoms with van der Waals surface area (Å²) >= 11 is 0. The van der Waals surface area contributed by atoms with Crippen molar-refractivity contribution >= 4 is 6.09 Å². The van der Waals surface area contributed by atoms with E-state index in [0.717, 1.165) is 12.8 Å². The number of methoxy groups -OCH3 is 1. The van der Waals surface area contributed by atoms with Gasteiger partial charge in [0.2, 0.25) is 0 Å². The molecule has 0 radical (unpaired) electrons. The van der Waals surface area contributed by atoms with Crippen molar-refractivity contribution in [1.82, 2.24) is 4.90 Å². The van der Waals surface area contributed by atoms with Crippen molar-refractivity contribution in [2.24, 2.45) is 0 Å². The van der Waals surface area contributed by atoms with Crippen LogP contribution in [0.2, 0.25) is 0 Å². The van der Waals surface area contributed by atoms with E-state index in [1.165, 1.54) is 0 Å². The summed E-state index contributed by atoms with van der Waals surface area (Å²) < 4.78 is 10.6. The van der Waals surface area contributed by atoms with E-state index in [-0.39, 0.29) is 18.2 Å². The summed E-state index contributed by atoms with van der Waals surface area (Å²) in [5.41, 5.74) is -0.503. The molecule has 108 valence electrons. The third-order valence-corrected chi connectivity index (χ3v) is 3.17. The van der Waals surface area contributed by atoms with Crippen LogP contribution in [0, 0.1) is 11.3 Å². The Labute approximate surface area is 115 Å². The van der Waals surface area contributed by atoms with E-state index >= 15 is 0 Å². The van der Waals surface area contributed by atoms with Gasteiger partial charge in [-0.25, -0.2) is 4.79 Å². The number of amides is 1. The van der Waals surface area contributed by atoms with E-state index in [1.54, 1.807) is 12.0 Å². The lowest BCUT2D eigenvalue weighted by Gasteiger charge is -2.32. The van der Waals surface area contributed by atoms with Gasteiger partial charge >= 0.3 is 6.09 Å². The molecule has 0 bridgehead atoms. The minimum atomic E-state index is -0.503. The summed E-state index contributed by atoms with van der Waals surface area (Å²) in [6.07, 6.45) is 2.69. The van der Waals surface area contributed by atoms with Gasteiger partial charge in [0.25, 0.3) is 0 Å². The van der Waals surface area contributed by atoms with Gasteiger partial charge in [-0.05, 0) is 40.0 Å². The second-order valence-electron chi connectivity index (χ2n) is 5.92. The molecule has 0 aliphatic carbocycles. The van der Waals surface area contributed by atoms with Crippen molar-refractivity contribution in [2.45, 2.75) is 64.1 Å². The van der Waals surface area contributed by atoms with Crippen LogP contribution in [-0.2, 0) is 9.47 Å². The molecule has 2 atom stereocenters. The number of rotatable bonds is 4. The van der Waals surface area contributed by atoms with Gasteiger partial charge in [0.05, 0.1) is 18.7 Å². The largest absolute Gasteiger partial charge is 0.444 e. The Morgan fingerprint density at radius 2 is 2.00 bits per heavy atom. The molecule has 5 nitrogen and oxygen atoms in total. The van der Waals surface area contributed by atoms with Crippen LogP contribution in [0.3, 0.4) is 0 Å². The van der Waals surface area contributed by atoms with Gasteiger partial charge in [0, 0.05) is 19.6 Å². The molecular formula is C14H24N2O3. The molecule has 0 N–H and O–H groups in total. The standard InChI is InChI=1S/C14H24N2O3/c1-14(2,3)19-13(17)16-11(6-5-9-15)7-8-12(16)10-18-4/h11-12H,5-8,10H2,1-4H3/t11?,12-/m0/s1. The fourth-order valence-electron chi connectivity index (χ4n) is 2.44. The van der Waals surface area contributed by atoms with E-state index in [4.69, 9.17) is 14.7 Å². The smallest absolute Gasteiger partial charge is 0.410 e. The molecule has 1 amide bonds. The number of carbonyl (C=O) groups is 1. The number of hydrogen-bond acceptors (Lipinski definition) is 4. The molecule has 0 aromatic heterocycles. The molecule has 1 aliphatic heterocycles. The predicted molar refractivity (Wildman–Crippen MR) is 71.6 cm³/mol. The van der Waals surface area contributed by atoms with Gasteiger partial charge in [-0.2, -0.15) is 5.26 Å². The molecule has 0 saturated carbocycles. The zero-order valence-electron chi connectivity index (χ0n) is 12.3. The Bertz CT molecular complexity index is 344. The Morgan fingerprint density at radius 1 is 1.37 bits per heavy atom. The number of ether oxygens (including phenoxy) is 2. The van der Waals surface area contributed by atoms with Crippen LogP contribution >= 0.6 is 0 Å². The monoisotopic (exact) mass is 268 g/mol. The van der Waals surface area contributed by atoms with Crippen LogP contribution in [-0.4, -0.2) is 42.4 Å². The summed E-state index contributed by atoms with van der Waals surface area (Å²) in [6.45, 7) is 6.09. The molecule has 19 heavy (non-hydrogen) atoms. The molecule has 1 fully saturated rings. The molecule has 0 aromatic carbocycles. The Kier molecular flexibility index (Phi) is 5.61. The zero-order chi connectivity index (χ0) is 14.5. The predicted octanol–water partition coefficient (Wildman–Crippen LogP) is 2.70. The van der Waals surface area contributed by atoms with Crippen molar-refractivity contribution < 1.29 is 14.3 Å². The van der Waals surface area contributed by atoms with E-state index in [1.807, 2.05) is 20.8 Å². The van der Waals surface area contributed by atoms with Crippen LogP contribution in [0.15, 0.2) is 0 Å². The Hall–Kier alpha value is -1.28. The van der Waals surface area contributed by atoms with Gasteiger partial charge in [-0.15, -0.1) is 0 Å². The maximum atomic E-state index is 12.3. The highest BCUT2D eigenvalue weighted by Gasteiger charge is 2.38. The lowest BCUT2D eigenvalue weighted by atomic mass is 10.1. The molecule has 1 aliphatic rings. The summed E-state index contributed by atoms with van der Waals surface area (Å²) in [4.78, 5) is 14.1. The fraction of sp³-hybridized carbons (Fsp3) is 0.857. The summed E-state index contributed by atoms with van der Waals surface area (Å²) in [7, 11) is 1.63. The van der Waals surface area contributed by atoms with Crippen LogP contribution < -0.4 is 0 Å². The molecule has 0 spiro atoms. The topological polar surface area (TPSA) is 62.6 Å². The first-order chi connectivity index (χ1) is 8.89. The lowest BCUT2D eigenvalue weighted by molar-refractivity contribution is 0.00543. The van der Waals surface area contributed by atoms with E-state index in [0.29, 0.717) is 19.4 Å². The first kappa shape index (κ1) is 15.8. The molecule has 1 heterocycles. The van der Waals surface area contributed by atoms with Crippen LogP contribution in [0.4, 0.5) is 4.79 Å². The summed E-state index contributed by atoms with van der Waals surface area (Å²) in [5.74, 6) is 0. The maximum absolute atomic E-state index is 12.3. The lowest BCUT2D eigenvalue weighted by Crippen LogP contribution is -2.45. The number of carbonyl (C=O) groups excluding carboxylic acids is 1. The molecule has 1 unspecified atom stereocenters. The average molecular weight is 268 g/mol. The van der Waals surface area contributed by atoms with Crippen molar-refractivity contribution in [3.63, 3.8) is 0 Å². The van der Waals surface area contributed by atoms with E-state index in [9.17, 15) is 4.79 Å². The molecule has 1 saturated heterocycles. The first-order valence-corrected chi connectivity index (χ1v) is 6.76. The SMILES string of the molecule is COC[C@@H]1CCC(CCC#N)N1C(=O)OC(C)(C)C. The Morgan fingerprint density at radius 3 is 2.53 bits per heavy atom. The first-order valence-electron chi connectivity index (χ1n) is 6.76. The normalized spacial score (nSPS) is 23.2. The number of nitriles is 1. The van der Waals surface area contributed by atoms with Gasteiger partial charge in [-0.1, -0.05) is 0 Å². The number of nitrogens with zero attached hydrogens (tertiary/aromatic N) is 2. The molecular weight excluding hydrogens is 244 g/mol. The second kappa shape index (κ2) is 6.76. The van der Waals surface area contributed by atoms with Gasteiger partial charge in [-0.3, -0.25) is 4.90 Å². The van der Waals surface area contributed by atoms with Crippen molar-refractivity contribution in [3.05, 3.63) is 0 Å². The van der Waals surface area contributed by atoms with Crippen molar-refractivity contribution in [2.75, 3.05) is 13.7 Å². The maximum Gasteiger partial charge on any atom is 0.410 e. The highest BCUT2D eigenvalue weighted by molar-refractivity contribution is 5.69. The van der Waals surface area contributed by atoms with E-state index in [2.05, 4.69) is 6.07 Å².